The van der Waals surface area contributed by atoms with E-state index in [1.165, 1.54) is 11.1 Å². The predicted molar refractivity (Wildman–Crippen MR) is 303 cm³/mol. The SMILES string of the molecule is CC(C)(C)Cc1ccc2oc(-c3cc4ncnc(-c5cc(-c6cccc7c6nc(-c6cc(C(C)(C)C)cc(C(C)(C)C)c6O)n7-c6ccc(C(C)(C)C)cc6-c6ccccc6)cc(C(C)(C)C)c5)c4o3)cc2c1. The number of phenols is 1. The Hall–Kier alpha value is -7.25. The molecule has 10 aromatic rings. The van der Waals surface area contributed by atoms with Gasteiger partial charge in [0.05, 0.1) is 22.3 Å². The van der Waals surface area contributed by atoms with Crippen molar-refractivity contribution in [2.24, 2.45) is 5.41 Å². The number of phenolic OH excluding ortho intramolecular Hbond substituents is 1. The number of benzene rings is 6. The molecule has 0 saturated carbocycles. The fourth-order valence-electron chi connectivity index (χ4n) is 10.1. The molecule has 0 bridgehead atoms. The smallest absolute Gasteiger partial charge is 0.179 e. The highest BCUT2D eigenvalue weighted by Crippen LogP contribution is 2.47. The number of hydrogen-bond acceptors (Lipinski definition) is 6. The van der Waals surface area contributed by atoms with Crippen molar-refractivity contribution in [1.82, 2.24) is 19.5 Å². The van der Waals surface area contributed by atoms with E-state index in [-0.39, 0.29) is 32.8 Å². The number of aromatic hydroxyl groups is 1. The average Bonchev–Trinajstić information content (AvgIpc) is 4.05. The van der Waals surface area contributed by atoms with Crippen LogP contribution in [0.15, 0.2) is 143 Å². The summed E-state index contributed by atoms with van der Waals surface area (Å²) < 4.78 is 15.4. The summed E-state index contributed by atoms with van der Waals surface area (Å²) in [5.41, 5.74) is 16.1. The molecule has 6 aromatic carbocycles. The number of fused-ring (bicyclic) bond motifs is 3. The highest BCUT2D eigenvalue weighted by Gasteiger charge is 2.30. The van der Waals surface area contributed by atoms with E-state index in [2.05, 4.69) is 230 Å². The second-order valence-corrected chi connectivity index (χ2v) is 25.5. The molecule has 0 spiro atoms. The van der Waals surface area contributed by atoms with E-state index in [4.69, 9.17) is 23.8 Å². The second kappa shape index (κ2) is 17.5. The zero-order valence-electron chi connectivity index (χ0n) is 45.5. The van der Waals surface area contributed by atoms with Crippen molar-refractivity contribution in [1.29, 1.82) is 0 Å². The third-order valence-electron chi connectivity index (χ3n) is 14.2. The van der Waals surface area contributed by atoms with Gasteiger partial charge in [0.2, 0.25) is 0 Å². The van der Waals surface area contributed by atoms with Crippen LogP contribution in [0.1, 0.15) is 132 Å². The number of aromatic nitrogens is 4. The first kappa shape index (κ1) is 49.3. The standard InChI is InChI=1S/C66H70N4O3/c1-62(2,3)37-39-24-27-54-42(28-39)32-55(72-54)56-36-51-60(73-56)57(68-38-67-51)43-29-41(30-45(31-43)64(7,8)9)47-22-19-23-53-58(47)69-61(49-34-46(65(10,11)12)35-50(59(49)71)66(13,14)15)70(53)52-26-25-44(63(4,5)6)33-48(52)40-20-17-16-18-21-40/h16-36,38,71H,37H2,1-15H3. The molecule has 7 heteroatoms. The summed E-state index contributed by atoms with van der Waals surface area (Å²) >= 11 is 0. The highest BCUT2D eigenvalue weighted by molar-refractivity contribution is 5.99. The van der Waals surface area contributed by atoms with Crippen LogP contribution in [0.3, 0.4) is 0 Å². The Morgan fingerprint density at radius 2 is 1.19 bits per heavy atom. The van der Waals surface area contributed by atoms with Crippen molar-refractivity contribution in [2.75, 3.05) is 0 Å². The maximum Gasteiger partial charge on any atom is 0.179 e. The molecule has 0 aliphatic carbocycles. The van der Waals surface area contributed by atoms with Crippen molar-refractivity contribution in [3.05, 3.63) is 162 Å². The van der Waals surface area contributed by atoms with Gasteiger partial charge < -0.3 is 13.9 Å². The lowest BCUT2D eigenvalue weighted by Gasteiger charge is -2.28. The van der Waals surface area contributed by atoms with Crippen molar-refractivity contribution >= 4 is 33.1 Å². The van der Waals surface area contributed by atoms with Crippen LogP contribution in [0.5, 0.6) is 5.75 Å². The van der Waals surface area contributed by atoms with Crippen molar-refractivity contribution < 1.29 is 13.9 Å². The van der Waals surface area contributed by atoms with Gasteiger partial charge in [-0.1, -0.05) is 171 Å². The predicted octanol–water partition coefficient (Wildman–Crippen LogP) is 18.1. The maximum absolute atomic E-state index is 12.6. The Balaban J connectivity index is 1.21. The molecule has 4 heterocycles. The van der Waals surface area contributed by atoms with E-state index in [1.807, 2.05) is 6.07 Å². The van der Waals surface area contributed by atoms with Crippen molar-refractivity contribution in [3.8, 4) is 67.9 Å². The van der Waals surface area contributed by atoms with E-state index in [0.29, 0.717) is 39.7 Å². The molecule has 0 atom stereocenters. The lowest BCUT2D eigenvalue weighted by molar-refractivity contribution is 0.411. The molecule has 4 aromatic heterocycles. The lowest BCUT2D eigenvalue weighted by Crippen LogP contribution is -2.17. The second-order valence-electron chi connectivity index (χ2n) is 25.5. The molecule has 73 heavy (non-hydrogen) atoms. The molecule has 0 unspecified atom stereocenters. The van der Waals surface area contributed by atoms with Crippen LogP contribution < -0.4 is 0 Å². The Morgan fingerprint density at radius 1 is 0.521 bits per heavy atom. The van der Waals surface area contributed by atoms with Gasteiger partial charge in [-0.25, -0.2) is 15.0 Å². The molecule has 372 valence electrons. The molecule has 0 aliphatic heterocycles. The minimum Gasteiger partial charge on any atom is -0.507 e. The van der Waals surface area contributed by atoms with E-state index in [1.54, 1.807) is 6.33 Å². The van der Waals surface area contributed by atoms with Gasteiger partial charge in [-0.05, 0) is 121 Å². The molecule has 0 saturated heterocycles. The van der Waals surface area contributed by atoms with Gasteiger partial charge in [0.15, 0.2) is 17.1 Å². The quantitative estimate of drug-likeness (QED) is 0.171. The number of furan rings is 2. The summed E-state index contributed by atoms with van der Waals surface area (Å²) in [5.74, 6) is 2.15. The summed E-state index contributed by atoms with van der Waals surface area (Å²) in [4.78, 5) is 15.4. The Morgan fingerprint density at radius 3 is 1.88 bits per heavy atom. The maximum atomic E-state index is 12.6. The van der Waals surface area contributed by atoms with E-state index >= 15 is 0 Å². The first-order chi connectivity index (χ1) is 34.2. The van der Waals surface area contributed by atoms with Gasteiger partial charge in [0.1, 0.15) is 34.7 Å². The summed E-state index contributed by atoms with van der Waals surface area (Å²) in [7, 11) is 0. The van der Waals surface area contributed by atoms with Crippen LogP contribution in [0.4, 0.5) is 0 Å². The molecule has 0 aliphatic rings. The van der Waals surface area contributed by atoms with E-state index in [9.17, 15) is 5.11 Å². The van der Waals surface area contributed by atoms with Gasteiger partial charge in [-0.15, -0.1) is 0 Å². The summed E-state index contributed by atoms with van der Waals surface area (Å²) in [6, 6.07) is 45.3. The number of rotatable bonds is 7. The fourth-order valence-corrected chi connectivity index (χ4v) is 10.1. The minimum atomic E-state index is -0.349. The molecule has 0 radical (unpaired) electrons. The van der Waals surface area contributed by atoms with Crippen molar-refractivity contribution in [3.63, 3.8) is 0 Å². The van der Waals surface area contributed by atoms with E-state index < -0.39 is 0 Å². The average molecular weight is 967 g/mol. The first-order valence-corrected chi connectivity index (χ1v) is 25.8. The van der Waals surface area contributed by atoms with E-state index in [0.717, 1.165) is 78.6 Å². The van der Waals surface area contributed by atoms with Crippen LogP contribution in [-0.2, 0) is 28.1 Å². The highest BCUT2D eigenvalue weighted by atomic mass is 16.4. The normalized spacial score (nSPS) is 13.0. The lowest BCUT2D eigenvalue weighted by atomic mass is 9.79. The van der Waals surface area contributed by atoms with Crippen molar-refractivity contribution in [2.45, 2.75) is 132 Å². The number of hydrogen-bond donors (Lipinski definition) is 1. The van der Waals surface area contributed by atoms with Gasteiger partial charge in [-0.3, -0.25) is 4.57 Å². The molecule has 0 amide bonds. The van der Waals surface area contributed by atoms with Crippen LogP contribution in [0.25, 0.3) is 95.2 Å². The van der Waals surface area contributed by atoms with Gasteiger partial charge in [-0.2, -0.15) is 0 Å². The van der Waals surface area contributed by atoms with Gasteiger partial charge >= 0.3 is 0 Å². The molecule has 0 fully saturated rings. The fraction of sp³-hybridized carbons (Fsp3) is 0.318. The zero-order valence-corrected chi connectivity index (χ0v) is 45.5. The van der Waals surface area contributed by atoms with Crippen LogP contribution in [0, 0.1) is 5.41 Å². The minimum absolute atomic E-state index is 0.0953. The zero-order chi connectivity index (χ0) is 52.2. The number of nitrogens with zero attached hydrogens (tertiary/aromatic N) is 4. The Labute approximate surface area is 431 Å². The monoisotopic (exact) mass is 967 g/mol. The number of imidazole rings is 1. The third kappa shape index (κ3) is 9.51. The first-order valence-electron chi connectivity index (χ1n) is 25.8. The molecular weight excluding hydrogens is 897 g/mol. The molecule has 7 nitrogen and oxygen atoms in total. The molecular formula is C66H70N4O3. The summed E-state index contributed by atoms with van der Waals surface area (Å²) in [6.45, 7) is 33.4. The van der Waals surface area contributed by atoms with Gasteiger partial charge in [0.25, 0.3) is 0 Å². The van der Waals surface area contributed by atoms with Crippen LogP contribution >= 0.6 is 0 Å². The van der Waals surface area contributed by atoms with Gasteiger partial charge in [0, 0.05) is 33.7 Å². The van der Waals surface area contributed by atoms with Crippen LogP contribution in [-0.4, -0.2) is 24.6 Å². The third-order valence-corrected chi connectivity index (χ3v) is 14.2. The summed E-state index contributed by atoms with van der Waals surface area (Å²) in [6.07, 6.45) is 2.58. The Bertz CT molecular complexity index is 3740. The molecule has 10 rings (SSSR count). The summed E-state index contributed by atoms with van der Waals surface area (Å²) in [5, 5.41) is 13.7. The number of para-hydroxylation sites is 1. The van der Waals surface area contributed by atoms with Crippen LogP contribution in [0.2, 0.25) is 0 Å². The largest absolute Gasteiger partial charge is 0.507 e. The topological polar surface area (TPSA) is 90.1 Å². The Kier molecular flexibility index (Phi) is 11.8. The molecule has 1 N–H and O–H groups in total.